The summed E-state index contributed by atoms with van der Waals surface area (Å²) in [5, 5.41) is 0. The molecule has 0 aliphatic carbocycles. The third kappa shape index (κ3) is 6.48. The van der Waals surface area contributed by atoms with Gasteiger partial charge in [0.15, 0.2) is 6.67 Å². The molecule has 0 N–H and O–H groups in total. The molecule has 0 saturated carbocycles. The fourth-order valence-electron chi connectivity index (χ4n) is 2.46. The lowest BCUT2D eigenvalue weighted by molar-refractivity contribution is -0.550. The maximum atomic E-state index is 14.4. The summed E-state index contributed by atoms with van der Waals surface area (Å²) in [4.78, 5) is 11.4. The number of ether oxygens (including phenoxy) is 5. The van der Waals surface area contributed by atoms with Crippen LogP contribution in [0.1, 0.15) is 0 Å². The molecule has 4 unspecified atom stereocenters. The van der Waals surface area contributed by atoms with Crippen molar-refractivity contribution in [1.82, 2.24) is 0 Å². The number of esters is 1. The van der Waals surface area contributed by atoms with E-state index in [0.717, 1.165) is 4.74 Å². The first-order chi connectivity index (χ1) is 20.0. The van der Waals surface area contributed by atoms with Gasteiger partial charge in [-0.15, -0.1) is 0 Å². The number of hydrogen-bond donors (Lipinski definition) is 0. The van der Waals surface area contributed by atoms with Crippen molar-refractivity contribution in [1.29, 1.82) is 0 Å². The highest BCUT2D eigenvalue weighted by atomic mass is 19.4. The average molecular weight is 772 g/mol. The van der Waals surface area contributed by atoms with Gasteiger partial charge in [-0.25, -0.2) is 9.18 Å². The van der Waals surface area contributed by atoms with Gasteiger partial charge >= 0.3 is 84.4 Å². The summed E-state index contributed by atoms with van der Waals surface area (Å²) in [5.74, 6) is -44.0. The zero-order chi connectivity index (χ0) is 38.3. The summed E-state index contributed by atoms with van der Waals surface area (Å²) >= 11 is 0. The normalized spacial score (nSPS) is 26.5. The van der Waals surface area contributed by atoms with Crippen LogP contribution in [0.5, 0.6) is 0 Å². The monoisotopic (exact) mass is 772 g/mol. The van der Waals surface area contributed by atoms with Crippen LogP contribution in [0.25, 0.3) is 0 Å². The molecular weight excluding hydrogens is 770 g/mol. The Morgan fingerprint density at radius 3 is 1.30 bits per heavy atom. The van der Waals surface area contributed by atoms with Crippen molar-refractivity contribution in [3.05, 3.63) is 0 Å². The molecule has 47 heavy (non-hydrogen) atoms. The maximum absolute atomic E-state index is 14.4. The van der Waals surface area contributed by atoms with E-state index in [1.54, 1.807) is 4.74 Å². The first-order valence-corrected chi connectivity index (χ1v) is 9.84. The Labute approximate surface area is 235 Å². The predicted molar refractivity (Wildman–Crippen MR) is 79.6 cm³/mol. The second-order valence-corrected chi connectivity index (χ2v) is 8.10. The zero-order valence-corrected chi connectivity index (χ0v) is 20.0. The molecule has 1 saturated heterocycles. The molecule has 1 rings (SSSR count). The summed E-state index contributed by atoms with van der Waals surface area (Å²) in [6.45, 7) is -3.69. The van der Waals surface area contributed by atoms with Crippen LogP contribution in [-0.2, 0) is 28.5 Å². The minimum absolute atomic E-state index is 1.03. The summed E-state index contributed by atoms with van der Waals surface area (Å²) in [7, 11) is 0. The van der Waals surface area contributed by atoms with Crippen LogP contribution >= 0.6 is 0 Å². The number of rotatable bonds is 10. The highest BCUT2D eigenvalue weighted by molar-refractivity contribution is 5.79. The number of hydrogen-bond acceptors (Lipinski definition) is 6. The van der Waals surface area contributed by atoms with Crippen LogP contribution in [0.4, 0.5) is 114 Å². The molecule has 4 atom stereocenters. The topological polar surface area (TPSA) is 63.2 Å². The van der Waals surface area contributed by atoms with Crippen molar-refractivity contribution in [2.75, 3.05) is 6.67 Å². The lowest BCUT2D eigenvalue weighted by atomic mass is 10.2. The van der Waals surface area contributed by atoms with Crippen LogP contribution in [0, 0.1) is 0 Å². The largest absolute Gasteiger partial charge is 0.466 e. The highest BCUT2D eigenvalue weighted by Gasteiger charge is 2.90. The Morgan fingerprint density at radius 2 is 1.00 bits per heavy atom. The van der Waals surface area contributed by atoms with E-state index in [1.807, 2.05) is 0 Å². The van der Waals surface area contributed by atoms with Gasteiger partial charge < -0.3 is 4.74 Å². The van der Waals surface area contributed by atoms with Crippen molar-refractivity contribution in [3.8, 4) is 0 Å². The van der Waals surface area contributed by atoms with E-state index in [0.29, 0.717) is 0 Å². The van der Waals surface area contributed by atoms with Gasteiger partial charge in [0.25, 0.3) is 0 Å². The van der Waals surface area contributed by atoms with E-state index >= 15 is 0 Å². The van der Waals surface area contributed by atoms with Gasteiger partial charge in [0.2, 0.25) is 0 Å². The standard InChI is InChI=1S/C15H2F26O6/c16-1-3(17)12(34,35)47-7(44-3,11(31,32)33)15(40,41)43-2(42)4(18,8(22,23)24)45-14(38,39)6(21,10(28,29)30)46-13(36,37)5(19,20)9(25,26)27/h1H2. The summed E-state index contributed by atoms with van der Waals surface area (Å²) < 4.78 is 352. The average Bonchev–Trinajstić information content (AvgIpc) is 3.03. The van der Waals surface area contributed by atoms with Gasteiger partial charge in [-0.3, -0.25) is 18.9 Å². The van der Waals surface area contributed by atoms with Crippen LogP contribution in [-0.4, -0.2) is 91.1 Å². The molecule has 1 aliphatic heterocycles. The molecule has 1 fully saturated rings. The Morgan fingerprint density at radius 1 is 0.574 bits per heavy atom. The van der Waals surface area contributed by atoms with Crippen LogP contribution in [0.2, 0.25) is 0 Å². The fraction of sp³-hybridized carbons (Fsp3) is 0.933. The minimum atomic E-state index is -8.72. The van der Waals surface area contributed by atoms with E-state index in [2.05, 4.69) is 9.47 Å². The lowest BCUT2D eigenvalue weighted by Crippen LogP contribution is -2.69. The van der Waals surface area contributed by atoms with Crippen LogP contribution in [0.15, 0.2) is 0 Å². The van der Waals surface area contributed by atoms with Crippen molar-refractivity contribution in [2.45, 2.75) is 78.4 Å². The molecule has 6 nitrogen and oxygen atoms in total. The lowest BCUT2D eigenvalue weighted by Gasteiger charge is -2.40. The Hall–Kier alpha value is -2.51. The molecule has 1 aliphatic rings. The SMILES string of the molecule is O=C(OC(F)(F)C1(C(F)(F)F)OC(F)(F)C(F)(CF)O1)C(F)(OC(F)(F)C(F)(OC(F)(F)C(F)(F)C(F)(F)F)C(F)(F)F)C(F)(F)F. The molecule has 0 bridgehead atoms. The second kappa shape index (κ2) is 11.0. The van der Waals surface area contributed by atoms with Gasteiger partial charge in [-0.05, 0) is 0 Å². The van der Waals surface area contributed by atoms with Crippen LogP contribution in [0.3, 0.4) is 0 Å². The molecule has 0 amide bonds. The highest BCUT2D eigenvalue weighted by Crippen LogP contribution is 2.61. The van der Waals surface area contributed by atoms with Gasteiger partial charge in [0.1, 0.15) is 0 Å². The minimum Gasteiger partial charge on any atom is -0.392 e. The quantitative estimate of drug-likeness (QED) is 0.169. The Balaban J connectivity index is 3.85. The Kier molecular flexibility index (Phi) is 9.95. The summed E-state index contributed by atoms with van der Waals surface area (Å²) in [6.07, 6.45) is -63.9. The number of carbonyl (C=O) groups excluding carboxylic acids is 1. The van der Waals surface area contributed by atoms with E-state index in [9.17, 15) is 119 Å². The first kappa shape index (κ1) is 42.5. The van der Waals surface area contributed by atoms with Gasteiger partial charge in [-0.2, -0.15) is 110 Å². The Bertz CT molecular complexity index is 1170. The molecule has 0 aromatic heterocycles. The van der Waals surface area contributed by atoms with Crippen molar-refractivity contribution < 1.29 is 143 Å². The predicted octanol–water partition coefficient (Wildman–Crippen LogP) is 7.53. The molecule has 0 aromatic carbocycles. The van der Waals surface area contributed by atoms with E-state index < -0.39 is 91.1 Å². The third-order valence-electron chi connectivity index (χ3n) is 4.79. The molecule has 0 aromatic rings. The first-order valence-electron chi connectivity index (χ1n) is 9.84. The molecule has 0 radical (unpaired) electrons. The van der Waals surface area contributed by atoms with Gasteiger partial charge in [0.05, 0.1) is 0 Å². The van der Waals surface area contributed by atoms with E-state index in [1.165, 1.54) is 4.74 Å². The number of halogens is 26. The molecular formula is C15H2F26O6. The fourth-order valence-corrected chi connectivity index (χ4v) is 2.46. The van der Waals surface area contributed by atoms with E-state index in [4.69, 9.17) is 0 Å². The summed E-state index contributed by atoms with van der Waals surface area (Å²) in [6, 6.07) is 0. The molecule has 280 valence electrons. The maximum Gasteiger partial charge on any atom is 0.466 e. The van der Waals surface area contributed by atoms with Crippen LogP contribution < -0.4 is 0 Å². The van der Waals surface area contributed by atoms with Gasteiger partial charge in [0, 0.05) is 0 Å². The zero-order valence-electron chi connectivity index (χ0n) is 20.0. The molecule has 32 heteroatoms. The smallest absolute Gasteiger partial charge is 0.392 e. The van der Waals surface area contributed by atoms with Crippen molar-refractivity contribution in [3.63, 3.8) is 0 Å². The van der Waals surface area contributed by atoms with Crippen molar-refractivity contribution >= 4 is 5.97 Å². The van der Waals surface area contributed by atoms with E-state index in [-0.39, 0.29) is 0 Å². The van der Waals surface area contributed by atoms with Gasteiger partial charge in [-0.1, -0.05) is 0 Å². The number of alkyl halides is 26. The molecule has 1 heterocycles. The second-order valence-electron chi connectivity index (χ2n) is 8.10. The molecule has 0 spiro atoms. The summed E-state index contributed by atoms with van der Waals surface area (Å²) in [5.41, 5.74) is 0. The number of carbonyl (C=O) groups is 1. The third-order valence-corrected chi connectivity index (χ3v) is 4.79. The van der Waals surface area contributed by atoms with Crippen molar-refractivity contribution in [2.24, 2.45) is 0 Å².